The van der Waals surface area contributed by atoms with Crippen LogP contribution < -0.4 is 0 Å². The van der Waals surface area contributed by atoms with Crippen LogP contribution in [0.5, 0.6) is 0 Å². The molecule has 1 aliphatic heterocycles. The number of carbonyl (C=O) groups is 1. The van der Waals surface area contributed by atoms with Gasteiger partial charge in [0, 0.05) is 23.7 Å². The second-order valence-corrected chi connectivity index (χ2v) is 5.79. The molecule has 6 nitrogen and oxygen atoms in total. The van der Waals surface area contributed by atoms with Gasteiger partial charge in [-0.3, -0.25) is 9.89 Å². The molecule has 1 aliphatic rings. The molecule has 2 aromatic rings. The molecule has 1 amide bonds. The van der Waals surface area contributed by atoms with Gasteiger partial charge in [0.25, 0.3) is 5.91 Å². The van der Waals surface area contributed by atoms with Crippen LogP contribution >= 0.6 is 0 Å². The summed E-state index contributed by atoms with van der Waals surface area (Å²) in [6.07, 6.45) is 3.64. The zero-order valence-electron chi connectivity index (χ0n) is 12.6. The number of H-pyrrole nitrogens is 1. The lowest BCUT2D eigenvalue weighted by Gasteiger charge is -2.26. The third-order valence-corrected chi connectivity index (χ3v) is 4.05. The van der Waals surface area contributed by atoms with Gasteiger partial charge < -0.3 is 10.0 Å². The van der Waals surface area contributed by atoms with Gasteiger partial charge in [-0.1, -0.05) is 12.1 Å². The summed E-state index contributed by atoms with van der Waals surface area (Å²) in [5.41, 5.74) is 1.49. The van der Waals surface area contributed by atoms with Crippen molar-refractivity contribution >= 4 is 5.91 Å². The summed E-state index contributed by atoms with van der Waals surface area (Å²) in [7, 11) is 0. The fourth-order valence-corrected chi connectivity index (χ4v) is 3.05. The lowest BCUT2D eigenvalue weighted by molar-refractivity contribution is 0.0682. The molecule has 1 aromatic heterocycles. The van der Waals surface area contributed by atoms with Crippen LogP contribution in [-0.2, 0) is 0 Å². The number of hydrogen-bond donors (Lipinski definition) is 2. The van der Waals surface area contributed by atoms with E-state index in [1.165, 1.54) is 6.33 Å². The fraction of sp³-hybridized carbons (Fsp3) is 0.438. The summed E-state index contributed by atoms with van der Waals surface area (Å²) >= 11 is 0. The summed E-state index contributed by atoms with van der Waals surface area (Å²) in [5, 5.41) is 16.2. The van der Waals surface area contributed by atoms with Crippen molar-refractivity contribution in [3.05, 3.63) is 36.2 Å². The molecule has 2 N–H and O–H groups in total. The van der Waals surface area contributed by atoms with Crippen molar-refractivity contribution in [3.63, 3.8) is 0 Å². The van der Waals surface area contributed by atoms with Gasteiger partial charge in [-0.05, 0) is 38.3 Å². The van der Waals surface area contributed by atoms with Crippen LogP contribution in [0.4, 0.5) is 0 Å². The molecule has 2 unspecified atom stereocenters. The molecular weight excluding hydrogens is 280 g/mol. The number of likely N-dealkylation sites (tertiary alicyclic amines) is 1. The Morgan fingerprint density at radius 1 is 1.55 bits per heavy atom. The van der Waals surface area contributed by atoms with E-state index in [2.05, 4.69) is 15.2 Å². The van der Waals surface area contributed by atoms with E-state index < -0.39 is 0 Å². The monoisotopic (exact) mass is 300 g/mol. The molecular formula is C16H20N4O2. The number of aromatic nitrogens is 3. The molecule has 1 aromatic carbocycles. The molecule has 0 saturated carbocycles. The quantitative estimate of drug-likeness (QED) is 0.902. The highest BCUT2D eigenvalue weighted by Gasteiger charge is 2.30. The maximum Gasteiger partial charge on any atom is 0.254 e. The molecule has 2 atom stereocenters. The number of carbonyl (C=O) groups excluding carboxylic acids is 1. The van der Waals surface area contributed by atoms with Crippen LogP contribution in [0.1, 0.15) is 36.5 Å². The Morgan fingerprint density at radius 3 is 3.14 bits per heavy atom. The summed E-state index contributed by atoms with van der Waals surface area (Å²) in [4.78, 5) is 18.8. The van der Waals surface area contributed by atoms with Crippen LogP contribution in [0.15, 0.2) is 30.6 Å². The van der Waals surface area contributed by atoms with Crippen molar-refractivity contribution in [1.29, 1.82) is 0 Å². The number of aromatic amines is 1. The molecule has 3 rings (SSSR count). The molecule has 0 spiro atoms. The number of hydrogen-bond acceptors (Lipinski definition) is 4. The highest BCUT2D eigenvalue weighted by atomic mass is 16.3. The first-order chi connectivity index (χ1) is 10.6. The first kappa shape index (κ1) is 14.7. The highest BCUT2D eigenvalue weighted by molar-refractivity contribution is 5.95. The van der Waals surface area contributed by atoms with Crippen molar-refractivity contribution in [1.82, 2.24) is 20.1 Å². The fourth-order valence-electron chi connectivity index (χ4n) is 3.05. The second kappa shape index (κ2) is 6.27. The van der Waals surface area contributed by atoms with E-state index in [9.17, 15) is 9.90 Å². The van der Waals surface area contributed by atoms with Gasteiger partial charge in [-0.25, -0.2) is 4.98 Å². The minimum absolute atomic E-state index is 0.0181. The van der Waals surface area contributed by atoms with E-state index >= 15 is 0 Å². The summed E-state index contributed by atoms with van der Waals surface area (Å²) < 4.78 is 0. The SMILES string of the molecule is CC(O)CC1CCCN1C(=O)c1cccc(-c2ncn[nH]2)c1. The topological polar surface area (TPSA) is 82.1 Å². The Morgan fingerprint density at radius 2 is 2.41 bits per heavy atom. The zero-order valence-corrected chi connectivity index (χ0v) is 12.6. The largest absolute Gasteiger partial charge is 0.393 e. The van der Waals surface area contributed by atoms with Crippen LogP contribution in [-0.4, -0.2) is 49.8 Å². The minimum atomic E-state index is -0.390. The number of rotatable bonds is 4. The van der Waals surface area contributed by atoms with E-state index in [0.29, 0.717) is 17.8 Å². The Hall–Kier alpha value is -2.21. The van der Waals surface area contributed by atoms with Crippen molar-refractivity contribution in [2.45, 2.75) is 38.3 Å². The molecule has 116 valence electrons. The number of nitrogens with zero attached hydrogens (tertiary/aromatic N) is 3. The predicted octanol–water partition coefficient (Wildman–Crippen LogP) is 1.85. The Balaban J connectivity index is 1.81. The van der Waals surface area contributed by atoms with E-state index in [-0.39, 0.29) is 18.1 Å². The Kier molecular flexibility index (Phi) is 4.20. The van der Waals surface area contributed by atoms with E-state index in [0.717, 1.165) is 24.9 Å². The molecule has 6 heteroatoms. The van der Waals surface area contributed by atoms with Gasteiger partial charge in [0.05, 0.1) is 6.10 Å². The van der Waals surface area contributed by atoms with Gasteiger partial charge in [0.1, 0.15) is 6.33 Å². The minimum Gasteiger partial charge on any atom is -0.393 e. The maximum absolute atomic E-state index is 12.8. The van der Waals surface area contributed by atoms with Gasteiger partial charge in [0.2, 0.25) is 0 Å². The Bertz CT molecular complexity index is 639. The molecule has 0 bridgehead atoms. The van der Waals surface area contributed by atoms with Crippen molar-refractivity contribution < 1.29 is 9.90 Å². The lowest BCUT2D eigenvalue weighted by atomic mass is 10.1. The zero-order chi connectivity index (χ0) is 15.5. The molecule has 1 fully saturated rings. The third-order valence-electron chi connectivity index (χ3n) is 4.05. The summed E-state index contributed by atoms with van der Waals surface area (Å²) in [6, 6.07) is 7.53. The van der Waals surface area contributed by atoms with Crippen LogP contribution in [0.2, 0.25) is 0 Å². The smallest absolute Gasteiger partial charge is 0.254 e. The molecule has 2 heterocycles. The Labute approximate surface area is 129 Å². The number of aliphatic hydroxyl groups is 1. The normalized spacial score (nSPS) is 19.4. The average Bonchev–Trinajstić information content (AvgIpc) is 3.17. The lowest BCUT2D eigenvalue weighted by Crippen LogP contribution is -2.37. The molecule has 0 radical (unpaired) electrons. The van der Waals surface area contributed by atoms with Crippen LogP contribution in [0.25, 0.3) is 11.4 Å². The summed E-state index contributed by atoms with van der Waals surface area (Å²) in [5.74, 6) is 0.668. The molecule has 1 saturated heterocycles. The van der Waals surface area contributed by atoms with Gasteiger partial charge in [-0.2, -0.15) is 5.10 Å². The number of nitrogens with one attached hydrogen (secondary N) is 1. The second-order valence-electron chi connectivity index (χ2n) is 5.79. The number of aliphatic hydroxyl groups excluding tert-OH is 1. The highest BCUT2D eigenvalue weighted by Crippen LogP contribution is 2.25. The van der Waals surface area contributed by atoms with E-state index in [1.807, 2.05) is 29.2 Å². The number of benzene rings is 1. The maximum atomic E-state index is 12.8. The van der Waals surface area contributed by atoms with Gasteiger partial charge >= 0.3 is 0 Å². The van der Waals surface area contributed by atoms with Gasteiger partial charge in [-0.15, -0.1) is 0 Å². The van der Waals surface area contributed by atoms with Crippen molar-refractivity contribution in [2.24, 2.45) is 0 Å². The van der Waals surface area contributed by atoms with Gasteiger partial charge in [0.15, 0.2) is 5.82 Å². The van der Waals surface area contributed by atoms with E-state index in [4.69, 9.17) is 0 Å². The predicted molar refractivity (Wildman–Crippen MR) is 82.2 cm³/mol. The number of amides is 1. The first-order valence-corrected chi connectivity index (χ1v) is 7.60. The standard InChI is InChI=1S/C16H20N4O2/c1-11(21)8-14-6-3-7-20(14)16(22)13-5-2-4-12(9-13)15-17-10-18-19-15/h2,4-5,9-11,14,21H,3,6-8H2,1H3,(H,17,18,19). The molecule has 22 heavy (non-hydrogen) atoms. The van der Waals surface area contributed by atoms with Crippen LogP contribution in [0.3, 0.4) is 0 Å². The average molecular weight is 300 g/mol. The first-order valence-electron chi connectivity index (χ1n) is 7.60. The van der Waals surface area contributed by atoms with Crippen LogP contribution in [0, 0.1) is 0 Å². The van der Waals surface area contributed by atoms with Crippen molar-refractivity contribution in [3.8, 4) is 11.4 Å². The van der Waals surface area contributed by atoms with Crippen molar-refractivity contribution in [2.75, 3.05) is 6.54 Å². The van der Waals surface area contributed by atoms with E-state index in [1.54, 1.807) is 6.92 Å². The molecule has 0 aliphatic carbocycles. The summed E-state index contributed by atoms with van der Waals surface area (Å²) in [6.45, 7) is 2.52. The third kappa shape index (κ3) is 3.01.